The molecule has 0 spiro atoms. The molecule has 8 nitrogen and oxygen atoms in total. The van der Waals surface area contributed by atoms with Crippen molar-refractivity contribution in [3.63, 3.8) is 0 Å². The van der Waals surface area contributed by atoms with Gasteiger partial charge in [0, 0.05) is 23.8 Å². The molecule has 0 aliphatic carbocycles. The van der Waals surface area contributed by atoms with Crippen LogP contribution >= 0.6 is 0 Å². The molecule has 38 heavy (non-hydrogen) atoms. The quantitative estimate of drug-likeness (QED) is 0.359. The normalized spacial score (nSPS) is 15.2. The number of aryl methyl sites for hydroxylation is 2. The lowest BCUT2D eigenvalue weighted by atomic mass is 9.86. The fourth-order valence-electron chi connectivity index (χ4n) is 5.04. The monoisotopic (exact) mass is 515 g/mol. The van der Waals surface area contributed by atoms with Crippen molar-refractivity contribution in [2.75, 3.05) is 22.6 Å². The number of hydrogen-bond acceptors (Lipinski definition) is 4. The molecule has 4 rings (SSSR count). The molecule has 2 unspecified atom stereocenters. The molecule has 3 amide bonds. The minimum Gasteiger partial charge on any atom is -0.495 e. The SMILES string of the molecule is COc1cc(CC(=O)N2c3ccccc3CCC2C(C)CC(=O)O)ccc1NC(=O)Nc1ccccc1C. The molecule has 8 heteroatoms. The summed E-state index contributed by atoms with van der Waals surface area (Å²) >= 11 is 0. The Bertz CT molecular complexity index is 1340. The maximum absolute atomic E-state index is 13.7. The van der Waals surface area contributed by atoms with E-state index in [1.54, 1.807) is 23.1 Å². The molecule has 0 aromatic heterocycles. The van der Waals surface area contributed by atoms with Crippen molar-refractivity contribution in [1.82, 2.24) is 0 Å². The molecule has 3 N–H and O–H groups in total. The van der Waals surface area contributed by atoms with Crippen molar-refractivity contribution in [3.05, 3.63) is 83.4 Å². The second-order valence-electron chi connectivity index (χ2n) is 9.68. The Hall–Kier alpha value is -4.33. The van der Waals surface area contributed by atoms with Crippen molar-refractivity contribution in [2.45, 2.75) is 45.6 Å². The molecular formula is C30H33N3O5. The minimum atomic E-state index is -0.872. The lowest BCUT2D eigenvalue weighted by molar-refractivity contribution is -0.138. The Labute approximate surface area is 222 Å². The Balaban J connectivity index is 1.52. The fourth-order valence-corrected chi connectivity index (χ4v) is 5.04. The highest BCUT2D eigenvalue weighted by molar-refractivity contribution is 6.01. The maximum Gasteiger partial charge on any atom is 0.323 e. The van der Waals surface area contributed by atoms with Gasteiger partial charge in [0.1, 0.15) is 5.75 Å². The summed E-state index contributed by atoms with van der Waals surface area (Å²) in [5, 5.41) is 15.0. The highest BCUT2D eigenvalue weighted by Crippen LogP contribution is 2.35. The first-order valence-corrected chi connectivity index (χ1v) is 12.7. The molecule has 1 heterocycles. The minimum absolute atomic E-state index is 0.00459. The van der Waals surface area contributed by atoms with Crippen LogP contribution in [0.4, 0.5) is 21.9 Å². The van der Waals surface area contributed by atoms with Crippen molar-refractivity contribution in [2.24, 2.45) is 5.92 Å². The van der Waals surface area contributed by atoms with Gasteiger partial charge in [-0.3, -0.25) is 9.59 Å². The highest BCUT2D eigenvalue weighted by Gasteiger charge is 2.35. The molecule has 0 radical (unpaired) electrons. The standard InChI is InChI=1S/C30H33N3O5/c1-19-8-4-6-10-23(19)31-30(37)32-24-14-12-21(17-27(24)38-3)18-28(34)33-25(20(2)16-29(35)36)15-13-22-9-5-7-11-26(22)33/h4-12,14,17,20,25H,13,15-16,18H2,1-3H3,(H,35,36)(H2,31,32,37). The average Bonchev–Trinajstić information content (AvgIpc) is 2.89. The second kappa shape index (κ2) is 11.8. The summed E-state index contributed by atoms with van der Waals surface area (Å²) in [4.78, 5) is 39.5. The van der Waals surface area contributed by atoms with E-state index < -0.39 is 12.0 Å². The Kier molecular flexibility index (Phi) is 8.31. The molecule has 2 atom stereocenters. The van der Waals surface area contributed by atoms with E-state index in [4.69, 9.17) is 4.74 Å². The number of carboxylic acids is 1. The first-order chi connectivity index (χ1) is 18.3. The third kappa shape index (κ3) is 6.14. The zero-order valence-electron chi connectivity index (χ0n) is 21.9. The third-order valence-corrected chi connectivity index (χ3v) is 6.98. The number of fused-ring (bicyclic) bond motifs is 1. The van der Waals surface area contributed by atoms with Crippen LogP contribution in [0.2, 0.25) is 0 Å². The number of carbonyl (C=O) groups excluding carboxylic acids is 2. The largest absolute Gasteiger partial charge is 0.495 e. The van der Waals surface area contributed by atoms with Crippen molar-refractivity contribution in [3.8, 4) is 5.75 Å². The topological polar surface area (TPSA) is 108 Å². The molecule has 1 aliphatic rings. The highest BCUT2D eigenvalue weighted by atomic mass is 16.5. The lowest BCUT2D eigenvalue weighted by Gasteiger charge is -2.40. The number of carbonyl (C=O) groups is 3. The van der Waals surface area contributed by atoms with Crippen LogP contribution in [-0.4, -0.2) is 36.2 Å². The average molecular weight is 516 g/mol. The third-order valence-electron chi connectivity index (χ3n) is 6.98. The van der Waals surface area contributed by atoms with Crippen molar-refractivity contribution >= 4 is 35.0 Å². The van der Waals surface area contributed by atoms with Gasteiger partial charge in [-0.2, -0.15) is 0 Å². The van der Waals surface area contributed by atoms with Gasteiger partial charge in [-0.15, -0.1) is 0 Å². The molecule has 0 saturated carbocycles. The van der Waals surface area contributed by atoms with E-state index >= 15 is 0 Å². The summed E-state index contributed by atoms with van der Waals surface area (Å²) in [5.74, 6) is -0.745. The number of nitrogens with one attached hydrogen (secondary N) is 2. The molecule has 3 aromatic carbocycles. The van der Waals surface area contributed by atoms with E-state index in [2.05, 4.69) is 10.6 Å². The van der Waals surface area contributed by atoms with E-state index in [-0.39, 0.29) is 30.7 Å². The van der Waals surface area contributed by atoms with Gasteiger partial charge in [0.25, 0.3) is 0 Å². The predicted molar refractivity (Wildman–Crippen MR) is 148 cm³/mol. The molecule has 1 aliphatic heterocycles. The number of aliphatic carboxylic acids is 1. The molecule has 3 aromatic rings. The second-order valence-corrected chi connectivity index (χ2v) is 9.68. The first kappa shape index (κ1) is 26.7. The number of benzene rings is 3. The number of hydrogen-bond donors (Lipinski definition) is 3. The van der Waals surface area contributed by atoms with Crippen LogP contribution in [0.15, 0.2) is 66.7 Å². The summed E-state index contributed by atoms with van der Waals surface area (Å²) in [6.45, 7) is 3.80. The van der Waals surface area contributed by atoms with E-state index in [1.165, 1.54) is 7.11 Å². The van der Waals surface area contributed by atoms with Crippen LogP contribution in [0.1, 0.15) is 36.5 Å². The zero-order chi connectivity index (χ0) is 27.2. The van der Waals surface area contributed by atoms with Gasteiger partial charge in [-0.1, -0.05) is 49.4 Å². The molecule has 0 saturated heterocycles. The van der Waals surface area contributed by atoms with Gasteiger partial charge in [0.15, 0.2) is 0 Å². The van der Waals surface area contributed by atoms with E-state index in [1.807, 2.05) is 62.4 Å². The van der Waals surface area contributed by atoms with Crippen molar-refractivity contribution < 1.29 is 24.2 Å². The van der Waals surface area contributed by atoms with Crippen LogP contribution in [0.3, 0.4) is 0 Å². The molecule has 0 bridgehead atoms. The van der Waals surface area contributed by atoms with Gasteiger partial charge in [0.2, 0.25) is 5.91 Å². The van der Waals surface area contributed by atoms with Crippen LogP contribution in [0, 0.1) is 12.8 Å². The smallest absolute Gasteiger partial charge is 0.323 e. The lowest BCUT2D eigenvalue weighted by Crippen LogP contribution is -2.48. The summed E-state index contributed by atoms with van der Waals surface area (Å²) in [5.41, 5.74) is 4.77. The number of nitrogens with zero attached hydrogens (tertiary/aromatic N) is 1. The van der Waals surface area contributed by atoms with E-state index in [0.717, 1.165) is 28.8 Å². The number of amides is 3. The summed E-state index contributed by atoms with van der Waals surface area (Å²) in [7, 11) is 1.51. The molecule has 198 valence electrons. The number of rotatable bonds is 8. The van der Waals surface area contributed by atoms with Gasteiger partial charge < -0.3 is 25.4 Å². The van der Waals surface area contributed by atoms with Gasteiger partial charge in [-0.05, 0) is 66.6 Å². The van der Waals surface area contributed by atoms with Crippen LogP contribution in [0.5, 0.6) is 5.75 Å². The number of methoxy groups -OCH3 is 1. The maximum atomic E-state index is 13.7. The van der Waals surface area contributed by atoms with Crippen LogP contribution in [-0.2, 0) is 22.4 Å². The fraction of sp³-hybridized carbons (Fsp3) is 0.300. The van der Waals surface area contributed by atoms with Gasteiger partial charge in [0.05, 0.1) is 19.2 Å². The van der Waals surface area contributed by atoms with Crippen molar-refractivity contribution in [1.29, 1.82) is 0 Å². The Morgan fingerprint density at radius 1 is 1.03 bits per heavy atom. The Morgan fingerprint density at radius 3 is 2.47 bits per heavy atom. The molecule has 0 fully saturated rings. The van der Waals surface area contributed by atoms with E-state index in [9.17, 15) is 19.5 Å². The summed E-state index contributed by atoms with van der Waals surface area (Å²) in [6, 6.07) is 19.9. The predicted octanol–water partition coefficient (Wildman–Crippen LogP) is 5.65. The zero-order valence-corrected chi connectivity index (χ0v) is 21.9. The van der Waals surface area contributed by atoms with Gasteiger partial charge >= 0.3 is 12.0 Å². The summed E-state index contributed by atoms with van der Waals surface area (Å²) < 4.78 is 5.51. The van der Waals surface area contributed by atoms with E-state index in [0.29, 0.717) is 23.5 Å². The Morgan fingerprint density at radius 2 is 1.74 bits per heavy atom. The first-order valence-electron chi connectivity index (χ1n) is 12.7. The summed E-state index contributed by atoms with van der Waals surface area (Å²) in [6.07, 6.45) is 1.61. The number of ether oxygens (including phenoxy) is 1. The van der Waals surface area contributed by atoms with Crippen LogP contribution < -0.4 is 20.3 Å². The number of anilines is 3. The number of urea groups is 1. The van der Waals surface area contributed by atoms with Gasteiger partial charge in [-0.25, -0.2) is 4.79 Å². The molecular weight excluding hydrogens is 482 g/mol. The number of para-hydroxylation sites is 2. The van der Waals surface area contributed by atoms with Crippen LogP contribution in [0.25, 0.3) is 0 Å². The number of carboxylic acid groups (broad SMARTS) is 1.